The Kier molecular flexibility index (Phi) is 7.03. The molecule has 1 aliphatic heterocycles. The maximum Gasteiger partial charge on any atom is 0.341 e. The Morgan fingerprint density at radius 1 is 1.25 bits per heavy atom. The maximum atomic E-state index is 12.8. The molecule has 2 aliphatic rings. The van der Waals surface area contributed by atoms with Crippen LogP contribution < -0.4 is 5.32 Å². The van der Waals surface area contributed by atoms with E-state index in [1.165, 1.54) is 25.3 Å². The molecule has 2 atom stereocenters. The molecule has 1 aliphatic carbocycles. The molecule has 2 unspecified atom stereocenters. The molecule has 7 heteroatoms. The lowest BCUT2D eigenvalue weighted by molar-refractivity contribution is -0.149. The zero-order valence-corrected chi connectivity index (χ0v) is 16.2. The number of carbonyl (C=O) groups excluding carboxylic acids is 2. The number of nitrogens with zero attached hydrogens (tertiary/aromatic N) is 1. The highest BCUT2D eigenvalue weighted by Crippen LogP contribution is 2.30. The lowest BCUT2D eigenvalue weighted by atomic mass is 9.86. The first-order valence-electron chi connectivity index (χ1n) is 10.0. The molecule has 152 valence electrons. The first-order chi connectivity index (χ1) is 13.6. The van der Waals surface area contributed by atoms with Crippen LogP contribution in [0.2, 0.25) is 0 Å². The monoisotopic (exact) mass is 388 g/mol. The second-order valence-corrected chi connectivity index (χ2v) is 7.25. The van der Waals surface area contributed by atoms with E-state index in [2.05, 4.69) is 10.3 Å². The van der Waals surface area contributed by atoms with E-state index < -0.39 is 24.0 Å². The number of benzene rings is 1. The number of ether oxygens (including phenoxy) is 2. The number of rotatable bonds is 7. The molecule has 7 nitrogen and oxygen atoms in total. The predicted molar refractivity (Wildman–Crippen MR) is 104 cm³/mol. The van der Waals surface area contributed by atoms with Crippen LogP contribution in [0.3, 0.4) is 0 Å². The van der Waals surface area contributed by atoms with Crippen molar-refractivity contribution in [2.45, 2.75) is 57.6 Å². The average Bonchev–Trinajstić information content (AvgIpc) is 2.71. The highest BCUT2D eigenvalue weighted by Gasteiger charge is 2.39. The minimum Gasteiger partial charge on any atom is -0.508 e. The molecule has 28 heavy (non-hydrogen) atoms. The zero-order valence-electron chi connectivity index (χ0n) is 16.2. The van der Waals surface area contributed by atoms with Gasteiger partial charge in [-0.25, -0.2) is 9.79 Å². The second-order valence-electron chi connectivity index (χ2n) is 7.25. The van der Waals surface area contributed by atoms with Crippen LogP contribution >= 0.6 is 0 Å². The molecule has 2 N–H and O–H groups in total. The Balaban J connectivity index is 1.65. The van der Waals surface area contributed by atoms with Gasteiger partial charge in [0.2, 0.25) is 0 Å². The minimum atomic E-state index is -0.723. The first kappa shape index (κ1) is 20.3. The van der Waals surface area contributed by atoms with Crippen LogP contribution in [0.5, 0.6) is 5.75 Å². The van der Waals surface area contributed by atoms with Crippen LogP contribution in [0.25, 0.3) is 0 Å². The molecule has 0 spiro atoms. The zero-order chi connectivity index (χ0) is 19.9. The van der Waals surface area contributed by atoms with Gasteiger partial charge in [-0.15, -0.1) is 0 Å². The van der Waals surface area contributed by atoms with Crippen molar-refractivity contribution in [2.75, 3.05) is 13.2 Å². The highest BCUT2D eigenvalue weighted by atomic mass is 16.6. The number of esters is 1. The number of aliphatic imine (C=N–C) groups is 1. The van der Waals surface area contributed by atoms with E-state index >= 15 is 0 Å². The molecule has 1 aromatic carbocycles. The topological polar surface area (TPSA) is 97.2 Å². The summed E-state index contributed by atoms with van der Waals surface area (Å²) in [7, 11) is 0. The van der Waals surface area contributed by atoms with Crippen molar-refractivity contribution in [3.63, 3.8) is 0 Å². The van der Waals surface area contributed by atoms with Crippen molar-refractivity contribution in [1.82, 2.24) is 5.32 Å². The summed E-state index contributed by atoms with van der Waals surface area (Å²) in [5.74, 6) is -1.10. The molecular weight excluding hydrogens is 360 g/mol. The third kappa shape index (κ3) is 5.10. The summed E-state index contributed by atoms with van der Waals surface area (Å²) in [6, 6.07) is 5.40. The summed E-state index contributed by atoms with van der Waals surface area (Å²) in [6.07, 6.45) is 6.49. The third-order valence-electron chi connectivity index (χ3n) is 5.30. The second kappa shape index (κ2) is 9.68. The van der Waals surface area contributed by atoms with Crippen LogP contribution in [0.15, 0.2) is 29.3 Å². The Labute approximate surface area is 165 Å². The van der Waals surface area contributed by atoms with Gasteiger partial charge in [0.05, 0.1) is 18.8 Å². The Morgan fingerprint density at radius 3 is 2.75 bits per heavy atom. The van der Waals surface area contributed by atoms with Gasteiger partial charge in [-0.05, 0) is 37.0 Å². The number of nitrogens with one attached hydrogen (secondary N) is 1. The van der Waals surface area contributed by atoms with E-state index in [1.54, 1.807) is 18.2 Å². The van der Waals surface area contributed by atoms with E-state index in [0.29, 0.717) is 24.3 Å². The molecule has 0 aromatic heterocycles. The van der Waals surface area contributed by atoms with E-state index in [-0.39, 0.29) is 18.5 Å². The van der Waals surface area contributed by atoms with Crippen LogP contribution in [-0.4, -0.2) is 42.1 Å². The number of phenolic OH excluding ortho intramolecular Hbond substituents is 1. The number of aromatic hydroxyl groups is 1. The fourth-order valence-corrected chi connectivity index (χ4v) is 3.88. The molecule has 0 bridgehead atoms. The van der Waals surface area contributed by atoms with E-state index in [4.69, 9.17) is 9.47 Å². The number of carbonyl (C=O) groups is 2. The predicted octanol–water partition coefficient (Wildman–Crippen LogP) is 3.52. The molecule has 1 aromatic rings. The Bertz CT molecular complexity index is 727. The van der Waals surface area contributed by atoms with Crippen molar-refractivity contribution in [1.29, 1.82) is 0 Å². The van der Waals surface area contributed by atoms with Gasteiger partial charge in [-0.1, -0.05) is 38.3 Å². The number of hydrogen-bond acceptors (Lipinski definition) is 5. The van der Waals surface area contributed by atoms with Gasteiger partial charge < -0.3 is 19.9 Å². The summed E-state index contributed by atoms with van der Waals surface area (Å²) < 4.78 is 11.3. The van der Waals surface area contributed by atoms with Crippen molar-refractivity contribution in [3.8, 4) is 5.75 Å². The summed E-state index contributed by atoms with van der Waals surface area (Å²) in [6.45, 7) is 2.39. The van der Waals surface area contributed by atoms with E-state index in [0.717, 1.165) is 12.8 Å². The summed E-state index contributed by atoms with van der Waals surface area (Å²) in [5.41, 5.74) is 1.12. The molecule has 0 radical (unpaired) electrons. The number of phenols is 1. The molecule has 1 heterocycles. The fourth-order valence-electron chi connectivity index (χ4n) is 3.88. The van der Waals surface area contributed by atoms with Gasteiger partial charge in [0.15, 0.2) is 0 Å². The smallest absolute Gasteiger partial charge is 0.341 e. The van der Waals surface area contributed by atoms with Gasteiger partial charge in [0.25, 0.3) is 0 Å². The van der Waals surface area contributed by atoms with Gasteiger partial charge >= 0.3 is 12.0 Å². The van der Waals surface area contributed by atoms with E-state index in [9.17, 15) is 14.7 Å². The van der Waals surface area contributed by atoms with Gasteiger partial charge in [0.1, 0.15) is 18.3 Å². The lowest BCUT2D eigenvalue weighted by Gasteiger charge is -2.30. The molecule has 2 amide bonds. The molecule has 1 saturated carbocycles. The minimum absolute atomic E-state index is 0.0697. The largest absolute Gasteiger partial charge is 0.508 e. The Morgan fingerprint density at radius 2 is 2.04 bits per heavy atom. The third-order valence-corrected chi connectivity index (χ3v) is 5.30. The van der Waals surface area contributed by atoms with Crippen LogP contribution in [0, 0.1) is 5.92 Å². The number of hydrogen-bond donors (Lipinski definition) is 2. The van der Waals surface area contributed by atoms with Gasteiger partial charge in [-0.3, -0.25) is 4.79 Å². The maximum absolute atomic E-state index is 12.8. The van der Waals surface area contributed by atoms with E-state index in [1.807, 2.05) is 6.92 Å². The number of amides is 2. The van der Waals surface area contributed by atoms with Crippen molar-refractivity contribution in [2.24, 2.45) is 10.9 Å². The Hall–Kier alpha value is -2.41. The van der Waals surface area contributed by atoms with Crippen molar-refractivity contribution in [3.05, 3.63) is 29.8 Å². The van der Waals surface area contributed by atoms with Crippen LogP contribution in [0.1, 0.15) is 57.1 Å². The average molecular weight is 388 g/mol. The summed E-state index contributed by atoms with van der Waals surface area (Å²) in [5, 5.41) is 12.5. The van der Waals surface area contributed by atoms with Crippen molar-refractivity contribution < 1.29 is 24.2 Å². The summed E-state index contributed by atoms with van der Waals surface area (Å²) >= 11 is 0. The number of urea groups is 1. The van der Waals surface area contributed by atoms with Crippen molar-refractivity contribution >= 4 is 17.7 Å². The molecule has 1 fully saturated rings. The highest BCUT2D eigenvalue weighted by molar-refractivity contribution is 6.09. The molecule has 0 saturated heterocycles. The molecule has 3 rings (SSSR count). The lowest BCUT2D eigenvalue weighted by Crippen LogP contribution is -2.45. The van der Waals surface area contributed by atoms with Gasteiger partial charge in [0, 0.05) is 5.71 Å². The SMILES string of the molecule is CCC1=NC(=O)NC(c2cccc(O)c2)C1C(=O)OCCOC1CCCCC1. The van der Waals surface area contributed by atoms with Gasteiger partial charge in [-0.2, -0.15) is 0 Å². The van der Waals surface area contributed by atoms with Crippen LogP contribution in [-0.2, 0) is 14.3 Å². The van der Waals surface area contributed by atoms with Crippen LogP contribution in [0.4, 0.5) is 4.79 Å². The summed E-state index contributed by atoms with van der Waals surface area (Å²) in [4.78, 5) is 28.8. The standard InChI is InChI=1S/C21H28N2O5/c1-2-17-18(20(25)28-12-11-27-16-9-4-3-5-10-16)19(23-21(26)22-17)14-7-6-8-15(24)13-14/h6-8,13,16,18-19,24H,2-5,9-12H2,1H3,(H,23,26). The quantitative estimate of drug-likeness (QED) is 0.550. The molecular formula is C21H28N2O5. The fraction of sp³-hybridized carbons (Fsp3) is 0.571. The normalized spacial score (nSPS) is 23.0. The first-order valence-corrected chi connectivity index (χ1v) is 10.0.